The van der Waals surface area contributed by atoms with Gasteiger partial charge >= 0.3 is 0 Å². The Kier molecular flexibility index (Phi) is 4.02. The van der Waals surface area contributed by atoms with Crippen LogP contribution in [-0.4, -0.2) is 37.1 Å². The number of hydrogen-bond acceptors (Lipinski definition) is 4. The smallest absolute Gasteiger partial charge is 0.243 e. The van der Waals surface area contributed by atoms with Crippen molar-refractivity contribution in [3.8, 4) is 10.6 Å². The fourth-order valence-electron chi connectivity index (χ4n) is 3.32. The number of nitrogens with one attached hydrogen (secondary N) is 1. The Morgan fingerprint density at radius 1 is 1.16 bits per heavy atom. The van der Waals surface area contributed by atoms with E-state index < -0.39 is 10.0 Å². The Morgan fingerprint density at radius 2 is 1.92 bits per heavy atom. The first-order valence-corrected chi connectivity index (χ1v) is 10.4. The topological polar surface area (TPSA) is 70.2 Å². The molecule has 1 aliphatic heterocycles. The zero-order chi connectivity index (χ0) is 17.6. The maximum Gasteiger partial charge on any atom is 0.243 e. The number of fused-ring (bicyclic) bond motifs is 1. The minimum atomic E-state index is -3.50. The molecule has 0 aliphatic carbocycles. The van der Waals surface area contributed by atoms with E-state index in [2.05, 4.69) is 4.98 Å². The van der Waals surface area contributed by atoms with E-state index in [0.29, 0.717) is 24.0 Å². The molecule has 1 fully saturated rings. The number of aldehydes is 1. The summed E-state index contributed by atoms with van der Waals surface area (Å²) in [5.41, 5.74) is 2.03. The van der Waals surface area contributed by atoms with Gasteiger partial charge in [0, 0.05) is 34.4 Å². The lowest BCUT2D eigenvalue weighted by Gasteiger charge is -2.15. The third-order valence-corrected chi connectivity index (χ3v) is 7.53. The van der Waals surface area contributed by atoms with Crippen LogP contribution in [0.5, 0.6) is 0 Å². The highest BCUT2D eigenvalue weighted by molar-refractivity contribution is 7.89. The highest BCUT2D eigenvalue weighted by Gasteiger charge is 2.28. The molecule has 3 heterocycles. The molecule has 5 nitrogen and oxygen atoms in total. The maximum absolute atomic E-state index is 12.8. The number of nitrogens with zero attached hydrogens (tertiary/aromatic N) is 1. The summed E-state index contributed by atoms with van der Waals surface area (Å²) in [7, 11) is -3.50. The first-order chi connectivity index (χ1) is 12.0. The SMILES string of the molecule is Cc1ccc(-c2[nH]c3ccc(S(=O)(=O)N4CCCC4)cc3c2C=O)s1. The zero-order valence-corrected chi connectivity index (χ0v) is 15.4. The number of carbonyl (C=O) groups excluding carboxylic acids is 1. The Labute approximate surface area is 150 Å². The second-order valence-corrected chi connectivity index (χ2v) is 9.49. The summed E-state index contributed by atoms with van der Waals surface area (Å²) in [6, 6.07) is 8.95. The molecule has 0 spiro atoms. The van der Waals surface area contributed by atoms with Crippen molar-refractivity contribution in [2.75, 3.05) is 13.1 Å². The van der Waals surface area contributed by atoms with Crippen molar-refractivity contribution >= 4 is 38.5 Å². The third-order valence-electron chi connectivity index (χ3n) is 4.62. The van der Waals surface area contributed by atoms with Gasteiger partial charge in [0.1, 0.15) is 0 Å². The van der Waals surface area contributed by atoms with Gasteiger partial charge in [0.15, 0.2) is 6.29 Å². The van der Waals surface area contributed by atoms with E-state index in [9.17, 15) is 13.2 Å². The molecule has 25 heavy (non-hydrogen) atoms. The molecule has 0 amide bonds. The van der Waals surface area contributed by atoms with E-state index in [-0.39, 0.29) is 4.90 Å². The Balaban J connectivity index is 1.87. The van der Waals surface area contributed by atoms with Crippen LogP contribution in [0.25, 0.3) is 21.5 Å². The summed E-state index contributed by atoms with van der Waals surface area (Å²) in [6.45, 7) is 3.14. The second kappa shape index (κ2) is 6.09. The van der Waals surface area contributed by atoms with Crippen molar-refractivity contribution in [3.05, 3.63) is 40.8 Å². The Hall–Kier alpha value is -1.96. The van der Waals surface area contributed by atoms with Crippen molar-refractivity contribution in [1.29, 1.82) is 0 Å². The van der Waals surface area contributed by atoms with Gasteiger partial charge in [0.25, 0.3) is 0 Å². The number of aryl methyl sites for hydroxylation is 1. The van der Waals surface area contributed by atoms with Gasteiger partial charge in [-0.2, -0.15) is 4.31 Å². The fourth-order valence-corrected chi connectivity index (χ4v) is 5.74. The van der Waals surface area contributed by atoms with Gasteiger partial charge in [-0.25, -0.2) is 8.42 Å². The molecule has 7 heteroatoms. The number of sulfonamides is 1. The normalized spacial score (nSPS) is 15.9. The summed E-state index contributed by atoms with van der Waals surface area (Å²) in [4.78, 5) is 17.4. The molecule has 130 valence electrons. The predicted molar refractivity (Wildman–Crippen MR) is 99.7 cm³/mol. The van der Waals surface area contributed by atoms with Crippen molar-refractivity contribution in [3.63, 3.8) is 0 Å². The molecule has 0 bridgehead atoms. The largest absolute Gasteiger partial charge is 0.353 e. The third kappa shape index (κ3) is 2.72. The number of H-pyrrole nitrogens is 1. The number of thiophene rings is 1. The van der Waals surface area contributed by atoms with E-state index >= 15 is 0 Å². The van der Waals surface area contributed by atoms with Crippen LogP contribution >= 0.6 is 11.3 Å². The molecule has 1 saturated heterocycles. The van der Waals surface area contributed by atoms with Gasteiger partial charge in [0.05, 0.1) is 15.5 Å². The van der Waals surface area contributed by atoms with Crippen molar-refractivity contribution in [1.82, 2.24) is 9.29 Å². The van der Waals surface area contributed by atoms with Crippen LogP contribution < -0.4 is 0 Å². The van der Waals surface area contributed by atoms with E-state index in [1.54, 1.807) is 29.5 Å². The maximum atomic E-state index is 12.8. The Bertz CT molecular complexity index is 1060. The molecule has 0 atom stereocenters. The average molecular weight is 374 g/mol. The number of aromatic nitrogens is 1. The first kappa shape index (κ1) is 16.5. The highest BCUT2D eigenvalue weighted by Crippen LogP contribution is 2.35. The molecule has 2 aromatic heterocycles. The summed E-state index contributed by atoms with van der Waals surface area (Å²) < 4.78 is 27.1. The predicted octanol–water partition coefficient (Wildman–Crippen LogP) is 3.80. The van der Waals surface area contributed by atoms with Crippen molar-refractivity contribution < 1.29 is 13.2 Å². The molecular weight excluding hydrogens is 356 g/mol. The molecule has 1 N–H and O–H groups in total. The van der Waals surface area contributed by atoms with Crippen LogP contribution in [0, 0.1) is 6.92 Å². The Morgan fingerprint density at radius 3 is 2.56 bits per heavy atom. The minimum Gasteiger partial charge on any atom is -0.353 e. The number of rotatable bonds is 4. The minimum absolute atomic E-state index is 0.248. The van der Waals surface area contributed by atoms with Crippen LogP contribution in [0.2, 0.25) is 0 Å². The summed E-state index contributed by atoms with van der Waals surface area (Å²) in [6.07, 6.45) is 2.59. The van der Waals surface area contributed by atoms with Crippen molar-refractivity contribution in [2.45, 2.75) is 24.7 Å². The van der Waals surface area contributed by atoms with E-state index in [1.165, 1.54) is 4.31 Å². The van der Waals surface area contributed by atoms with Crippen LogP contribution in [0.4, 0.5) is 0 Å². The summed E-state index contributed by atoms with van der Waals surface area (Å²) in [5, 5.41) is 0.649. The highest BCUT2D eigenvalue weighted by atomic mass is 32.2. The molecule has 1 aromatic carbocycles. The van der Waals surface area contributed by atoms with Gasteiger partial charge in [-0.3, -0.25) is 4.79 Å². The van der Waals surface area contributed by atoms with Crippen LogP contribution in [0.3, 0.4) is 0 Å². The van der Waals surface area contributed by atoms with Gasteiger partial charge in [-0.05, 0) is 50.1 Å². The molecule has 4 rings (SSSR count). The zero-order valence-electron chi connectivity index (χ0n) is 13.8. The summed E-state index contributed by atoms with van der Waals surface area (Å²) in [5.74, 6) is 0. The fraction of sp³-hybridized carbons (Fsp3) is 0.278. The van der Waals surface area contributed by atoms with Gasteiger partial charge in [-0.15, -0.1) is 11.3 Å². The average Bonchev–Trinajstić information content (AvgIpc) is 3.33. The molecule has 0 radical (unpaired) electrons. The number of carbonyl (C=O) groups is 1. The van der Waals surface area contributed by atoms with E-state index in [1.807, 2.05) is 19.1 Å². The molecule has 0 saturated carbocycles. The molecular formula is C18H18N2O3S2. The van der Waals surface area contributed by atoms with Gasteiger partial charge < -0.3 is 4.98 Å². The number of aromatic amines is 1. The lowest BCUT2D eigenvalue weighted by Crippen LogP contribution is -2.27. The first-order valence-electron chi connectivity index (χ1n) is 8.18. The monoisotopic (exact) mass is 374 g/mol. The molecule has 1 aliphatic rings. The quantitative estimate of drug-likeness (QED) is 0.706. The van der Waals surface area contributed by atoms with Crippen LogP contribution in [-0.2, 0) is 10.0 Å². The molecule has 3 aromatic rings. The molecule has 0 unspecified atom stereocenters. The number of hydrogen-bond donors (Lipinski definition) is 1. The van der Waals surface area contributed by atoms with Crippen LogP contribution in [0.1, 0.15) is 28.1 Å². The van der Waals surface area contributed by atoms with Gasteiger partial charge in [-0.1, -0.05) is 0 Å². The lowest BCUT2D eigenvalue weighted by atomic mass is 10.1. The number of benzene rings is 1. The van der Waals surface area contributed by atoms with Crippen LogP contribution in [0.15, 0.2) is 35.2 Å². The van der Waals surface area contributed by atoms with Crippen molar-refractivity contribution in [2.24, 2.45) is 0 Å². The second-order valence-electron chi connectivity index (χ2n) is 6.26. The van der Waals surface area contributed by atoms with Gasteiger partial charge in [0.2, 0.25) is 10.0 Å². The van der Waals surface area contributed by atoms with E-state index in [4.69, 9.17) is 0 Å². The summed E-state index contributed by atoms with van der Waals surface area (Å²) >= 11 is 1.60. The van der Waals surface area contributed by atoms with E-state index in [0.717, 1.165) is 40.1 Å². The standard InChI is InChI=1S/C18H18N2O3S2/c1-12-4-7-17(24-12)18-15(11-21)14-10-13(5-6-16(14)19-18)25(22,23)20-8-2-3-9-20/h4-7,10-11,19H,2-3,8-9H2,1H3. The lowest BCUT2D eigenvalue weighted by molar-refractivity contribution is 0.112.